The van der Waals surface area contributed by atoms with E-state index in [4.69, 9.17) is 9.47 Å². The number of carbonyl (C=O) groups excluding carboxylic acids is 2. The fourth-order valence-corrected chi connectivity index (χ4v) is 1.35. The molecule has 0 saturated carbocycles. The second kappa shape index (κ2) is 8.20. The van der Waals surface area contributed by atoms with Gasteiger partial charge in [0.2, 0.25) is 0 Å². The minimum Gasteiger partial charge on any atom is -0.481 e. The van der Waals surface area contributed by atoms with Crippen LogP contribution in [-0.2, 0) is 9.53 Å². The number of methoxy groups -OCH3 is 1. The molecule has 0 atom stereocenters. The molecule has 1 aromatic carbocycles. The first-order valence-electron chi connectivity index (χ1n) is 5.80. The first-order chi connectivity index (χ1) is 9.17. The molecular weight excluding hydrogens is 253 g/mol. The van der Waals surface area contributed by atoms with Gasteiger partial charge >= 0.3 is 0 Å². The Morgan fingerprint density at radius 1 is 1.47 bits per heavy atom. The van der Waals surface area contributed by atoms with Crippen molar-refractivity contribution in [1.29, 1.82) is 0 Å². The van der Waals surface area contributed by atoms with E-state index >= 15 is 0 Å². The smallest absolute Gasteiger partial charge is 0.257 e. The van der Waals surface area contributed by atoms with Crippen molar-refractivity contribution in [3.8, 4) is 5.75 Å². The Labute approximate surface area is 110 Å². The van der Waals surface area contributed by atoms with Crippen LogP contribution in [0.2, 0.25) is 0 Å². The van der Waals surface area contributed by atoms with Crippen molar-refractivity contribution in [2.75, 3.05) is 26.9 Å². The topological polar surface area (TPSA) is 64.6 Å². The number of hydrogen-bond donors (Lipinski definition) is 1. The molecule has 1 amide bonds. The zero-order valence-electron chi connectivity index (χ0n) is 10.6. The minimum atomic E-state index is -0.670. The lowest BCUT2D eigenvalue weighted by atomic mass is 10.2. The van der Waals surface area contributed by atoms with Gasteiger partial charge in [-0.1, -0.05) is 0 Å². The number of halogens is 1. The molecule has 0 aliphatic rings. The number of carbonyl (C=O) groups is 2. The lowest BCUT2D eigenvalue weighted by Gasteiger charge is -2.08. The highest BCUT2D eigenvalue weighted by Crippen LogP contribution is 2.17. The maximum atomic E-state index is 13.4. The van der Waals surface area contributed by atoms with E-state index in [1.54, 1.807) is 7.11 Å². The Balaban J connectivity index is 2.35. The Morgan fingerprint density at radius 3 is 2.89 bits per heavy atom. The summed E-state index contributed by atoms with van der Waals surface area (Å²) >= 11 is 0. The van der Waals surface area contributed by atoms with Gasteiger partial charge in [-0.2, -0.15) is 0 Å². The van der Waals surface area contributed by atoms with E-state index in [1.165, 1.54) is 12.1 Å². The van der Waals surface area contributed by atoms with Crippen molar-refractivity contribution in [3.63, 3.8) is 0 Å². The van der Waals surface area contributed by atoms with Gasteiger partial charge in [0, 0.05) is 25.8 Å². The summed E-state index contributed by atoms with van der Waals surface area (Å²) in [5.74, 6) is -1.07. The Morgan fingerprint density at radius 2 is 2.26 bits per heavy atom. The van der Waals surface area contributed by atoms with Crippen LogP contribution in [0, 0.1) is 5.82 Å². The molecule has 19 heavy (non-hydrogen) atoms. The predicted molar refractivity (Wildman–Crippen MR) is 66.8 cm³/mol. The van der Waals surface area contributed by atoms with Crippen LogP contribution in [0.25, 0.3) is 0 Å². The maximum Gasteiger partial charge on any atom is 0.257 e. The lowest BCUT2D eigenvalue weighted by molar-refractivity contribution is -0.123. The summed E-state index contributed by atoms with van der Waals surface area (Å²) in [4.78, 5) is 21.8. The van der Waals surface area contributed by atoms with Crippen molar-refractivity contribution in [2.24, 2.45) is 0 Å². The van der Waals surface area contributed by atoms with Gasteiger partial charge < -0.3 is 14.8 Å². The van der Waals surface area contributed by atoms with Crippen LogP contribution in [0.5, 0.6) is 5.75 Å². The van der Waals surface area contributed by atoms with Crippen molar-refractivity contribution >= 4 is 12.2 Å². The molecule has 0 fully saturated rings. The van der Waals surface area contributed by atoms with Gasteiger partial charge in [0.15, 0.2) is 18.2 Å². The standard InChI is InChI=1S/C13H16FNO4/c1-18-6-2-5-15-13(17)9-19-12-4-3-10(8-16)7-11(12)14/h3-4,7-8H,2,5-6,9H2,1H3,(H,15,17). The average molecular weight is 269 g/mol. The molecule has 0 spiro atoms. The number of nitrogens with one attached hydrogen (secondary N) is 1. The molecule has 5 nitrogen and oxygen atoms in total. The lowest BCUT2D eigenvalue weighted by Crippen LogP contribution is -2.30. The van der Waals surface area contributed by atoms with Crippen molar-refractivity contribution in [1.82, 2.24) is 5.32 Å². The number of aldehydes is 1. The van der Waals surface area contributed by atoms with Crippen LogP contribution in [0.1, 0.15) is 16.8 Å². The molecule has 1 aromatic rings. The number of rotatable bonds is 8. The van der Waals surface area contributed by atoms with Crippen LogP contribution in [0.3, 0.4) is 0 Å². The molecule has 0 radical (unpaired) electrons. The van der Waals surface area contributed by atoms with Gasteiger partial charge in [0.1, 0.15) is 6.29 Å². The molecule has 0 bridgehead atoms. The summed E-state index contributed by atoms with van der Waals surface area (Å²) in [7, 11) is 1.58. The van der Waals surface area contributed by atoms with E-state index in [2.05, 4.69) is 5.32 Å². The predicted octanol–water partition coefficient (Wildman–Crippen LogP) is 1.17. The van der Waals surface area contributed by atoms with Crippen LogP contribution in [0.4, 0.5) is 4.39 Å². The SMILES string of the molecule is COCCCNC(=O)COc1ccc(C=O)cc1F. The summed E-state index contributed by atoms with van der Waals surface area (Å²) in [6.07, 6.45) is 1.24. The summed E-state index contributed by atoms with van der Waals surface area (Å²) in [5, 5.41) is 2.61. The van der Waals surface area contributed by atoms with Crippen LogP contribution < -0.4 is 10.1 Å². The molecule has 1 rings (SSSR count). The second-order valence-corrected chi connectivity index (χ2v) is 3.79. The van der Waals surface area contributed by atoms with Crippen LogP contribution >= 0.6 is 0 Å². The molecule has 0 saturated heterocycles. The van der Waals surface area contributed by atoms with E-state index in [1.807, 2.05) is 0 Å². The third-order valence-electron chi connectivity index (χ3n) is 2.30. The molecule has 0 heterocycles. The molecule has 6 heteroatoms. The van der Waals surface area contributed by atoms with Crippen molar-refractivity contribution in [3.05, 3.63) is 29.6 Å². The zero-order valence-corrected chi connectivity index (χ0v) is 10.6. The Hall–Kier alpha value is -1.95. The molecule has 0 unspecified atom stereocenters. The van der Waals surface area contributed by atoms with E-state index in [9.17, 15) is 14.0 Å². The fraction of sp³-hybridized carbons (Fsp3) is 0.385. The first kappa shape index (κ1) is 15.1. The number of ether oxygens (including phenoxy) is 2. The number of hydrogen-bond acceptors (Lipinski definition) is 4. The van der Waals surface area contributed by atoms with Crippen molar-refractivity contribution < 1.29 is 23.5 Å². The third-order valence-corrected chi connectivity index (χ3v) is 2.30. The Kier molecular flexibility index (Phi) is 6.52. The molecule has 0 aliphatic carbocycles. The van der Waals surface area contributed by atoms with E-state index in [0.29, 0.717) is 25.9 Å². The Bertz CT molecular complexity index is 437. The molecule has 1 N–H and O–H groups in total. The largest absolute Gasteiger partial charge is 0.481 e. The van der Waals surface area contributed by atoms with Gasteiger partial charge in [-0.3, -0.25) is 9.59 Å². The molecule has 0 aromatic heterocycles. The maximum absolute atomic E-state index is 13.4. The number of amides is 1. The number of benzene rings is 1. The fourth-order valence-electron chi connectivity index (χ4n) is 1.35. The second-order valence-electron chi connectivity index (χ2n) is 3.79. The van der Waals surface area contributed by atoms with Crippen molar-refractivity contribution in [2.45, 2.75) is 6.42 Å². The molecule has 104 valence electrons. The van der Waals surface area contributed by atoms with Gasteiger partial charge in [0.05, 0.1) is 0 Å². The highest BCUT2D eigenvalue weighted by atomic mass is 19.1. The molecule has 0 aliphatic heterocycles. The zero-order chi connectivity index (χ0) is 14.1. The van der Waals surface area contributed by atoms with Gasteiger partial charge in [-0.15, -0.1) is 0 Å². The van der Waals surface area contributed by atoms with E-state index in [-0.39, 0.29) is 23.8 Å². The minimum absolute atomic E-state index is 0.0577. The van der Waals surface area contributed by atoms with Gasteiger partial charge in [0.25, 0.3) is 5.91 Å². The normalized spacial score (nSPS) is 10.0. The summed E-state index contributed by atoms with van der Waals surface area (Å²) in [6.45, 7) is 0.760. The highest BCUT2D eigenvalue weighted by molar-refractivity contribution is 5.77. The van der Waals surface area contributed by atoms with Gasteiger partial charge in [-0.25, -0.2) is 4.39 Å². The van der Waals surface area contributed by atoms with Gasteiger partial charge in [-0.05, 0) is 24.6 Å². The monoisotopic (exact) mass is 269 g/mol. The van der Waals surface area contributed by atoms with Crippen LogP contribution in [0.15, 0.2) is 18.2 Å². The summed E-state index contributed by atoms with van der Waals surface area (Å²) < 4.78 is 23.3. The van der Waals surface area contributed by atoms with E-state index < -0.39 is 5.82 Å². The average Bonchev–Trinajstić information content (AvgIpc) is 2.42. The quantitative estimate of drug-likeness (QED) is 0.568. The third kappa shape index (κ3) is 5.48. The summed E-state index contributed by atoms with van der Waals surface area (Å²) in [6, 6.07) is 3.79. The van der Waals surface area contributed by atoms with E-state index in [0.717, 1.165) is 6.07 Å². The van der Waals surface area contributed by atoms with Crippen LogP contribution in [-0.4, -0.2) is 39.1 Å². The molecular formula is C13H16FNO4. The first-order valence-corrected chi connectivity index (χ1v) is 5.80. The summed E-state index contributed by atoms with van der Waals surface area (Å²) in [5.41, 5.74) is 0.217. The highest BCUT2D eigenvalue weighted by Gasteiger charge is 2.07.